The SMILES string of the molecule is O=C(O)c1sc2cc(O)ccc2c1O. The molecule has 0 saturated carbocycles. The Balaban J connectivity index is 2.79. The van der Waals surface area contributed by atoms with Gasteiger partial charge in [0.05, 0.1) is 0 Å². The minimum Gasteiger partial charge on any atom is -0.508 e. The average molecular weight is 210 g/mol. The van der Waals surface area contributed by atoms with Crippen LogP contribution in [0.15, 0.2) is 18.2 Å². The maximum absolute atomic E-state index is 10.7. The third kappa shape index (κ3) is 1.18. The summed E-state index contributed by atoms with van der Waals surface area (Å²) in [5.74, 6) is -1.35. The van der Waals surface area contributed by atoms with Gasteiger partial charge in [0.1, 0.15) is 11.5 Å². The van der Waals surface area contributed by atoms with Gasteiger partial charge in [-0.2, -0.15) is 0 Å². The number of hydrogen-bond donors (Lipinski definition) is 3. The smallest absolute Gasteiger partial charge is 0.349 e. The molecule has 14 heavy (non-hydrogen) atoms. The van der Waals surface area contributed by atoms with Crippen LogP contribution in [0.2, 0.25) is 0 Å². The van der Waals surface area contributed by atoms with Gasteiger partial charge in [0, 0.05) is 10.1 Å². The van der Waals surface area contributed by atoms with Crippen LogP contribution in [0.4, 0.5) is 0 Å². The van der Waals surface area contributed by atoms with Gasteiger partial charge in [0.2, 0.25) is 0 Å². The molecule has 4 nitrogen and oxygen atoms in total. The Bertz CT molecular complexity index is 515. The Morgan fingerprint density at radius 1 is 1.29 bits per heavy atom. The van der Waals surface area contributed by atoms with E-state index in [1.165, 1.54) is 18.2 Å². The number of fused-ring (bicyclic) bond motifs is 1. The molecule has 0 unspecified atom stereocenters. The van der Waals surface area contributed by atoms with Crippen LogP contribution in [0.3, 0.4) is 0 Å². The molecule has 72 valence electrons. The van der Waals surface area contributed by atoms with Gasteiger partial charge in [0.25, 0.3) is 0 Å². The molecule has 0 fully saturated rings. The zero-order valence-electron chi connectivity index (χ0n) is 6.89. The van der Waals surface area contributed by atoms with E-state index in [-0.39, 0.29) is 16.4 Å². The van der Waals surface area contributed by atoms with E-state index in [9.17, 15) is 9.90 Å². The van der Waals surface area contributed by atoms with Gasteiger partial charge in [-0.05, 0) is 18.2 Å². The molecule has 0 atom stereocenters. The number of rotatable bonds is 1. The van der Waals surface area contributed by atoms with Crippen molar-refractivity contribution in [1.82, 2.24) is 0 Å². The Kier molecular flexibility index (Phi) is 1.82. The zero-order valence-corrected chi connectivity index (χ0v) is 7.71. The van der Waals surface area contributed by atoms with Gasteiger partial charge >= 0.3 is 5.97 Å². The highest BCUT2D eigenvalue weighted by Crippen LogP contribution is 2.38. The summed E-state index contributed by atoms with van der Waals surface area (Å²) < 4.78 is 0.555. The summed E-state index contributed by atoms with van der Waals surface area (Å²) in [6.07, 6.45) is 0. The van der Waals surface area contributed by atoms with Crippen LogP contribution in [-0.2, 0) is 0 Å². The van der Waals surface area contributed by atoms with Gasteiger partial charge in [-0.3, -0.25) is 0 Å². The van der Waals surface area contributed by atoms with Crippen molar-refractivity contribution in [2.24, 2.45) is 0 Å². The molecule has 0 saturated heterocycles. The summed E-state index contributed by atoms with van der Waals surface area (Å²) in [5, 5.41) is 27.8. The standard InChI is InChI=1S/C9H6O4S/c10-4-1-2-5-6(3-4)14-8(7(5)11)9(12)13/h1-3,10-11H,(H,12,13). The lowest BCUT2D eigenvalue weighted by Crippen LogP contribution is -1.90. The summed E-state index contributed by atoms with van der Waals surface area (Å²) in [5.41, 5.74) is 0. The molecule has 0 spiro atoms. The van der Waals surface area contributed by atoms with Crippen molar-refractivity contribution in [2.75, 3.05) is 0 Å². The summed E-state index contributed by atoms with van der Waals surface area (Å²) in [6, 6.07) is 4.31. The van der Waals surface area contributed by atoms with Crippen LogP contribution in [0.1, 0.15) is 9.67 Å². The van der Waals surface area contributed by atoms with Crippen molar-refractivity contribution >= 4 is 27.4 Å². The highest BCUT2D eigenvalue weighted by Gasteiger charge is 2.16. The number of thiophene rings is 1. The topological polar surface area (TPSA) is 77.8 Å². The molecule has 1 heterocycles. The third-order valence-corrected chi connectivity index (χ3v) is 2.97. The number of benzene rings is 1. The summed E-state index contributed by atoms with van der Waals surface area (Å²) in [4.78, 5) is 10.6. The molecule has 0 aliphatic heterocycles. The quantitative estimate of drug-likeness (QED) is 0.672. The van der Waals surface area contributed by atoms with Crippen LogP contribution in [0, 0.1) is 0 Å². The van der Waals surface area contributed by atoms with Crippen molar-refractivity contribution in [2.45, 2.75) is 0 Å². The third-order valence-electron chi connectivity index (χ3n) is 1.84. The van der Waals surface area contributed by atoms with Crippen LogP contribution in [0.25, 0.3) is 10.1 Å². The number of carbonyl (C=O) groups is 1. The summed E-state index contributed by atoms with van der Waals surface area (Å²) >= 11 is 0.937. The normalized spacial score (nSPS) is 10.6. The van der Waals surface area contributed by atoms with E-state index in [4.69, 9.17) is 10.2 Å². The molecule has 0 aliphatic carbocycles. The number of carboxylic acid groups (broad SMARTS) is 1. The fraction of sp³-hybridized carbons (Fsp3) is 0. The number of aromatic hydroxyl groups is 2. The molecule has 5 heteroatoms. The van der Waals surface area contributed by atoms with Crippen LogP contribution >= 0.6 is 11.3 Å². The number of hydrogen-bond acceptors (Lipinski definition) is 4. The molecule has 0 aliphatic rings. The Morgan fingerprint density at radius 3 is 2.64 bits per heavy atom. The van der Waals surface area contributed by atoms with Gasteiger partial charge in [-0.1, -0.05) is 0 Å². The van der Waals surface area contributed by atoms with Crippen molar-refractivity contribution in [3.05, 3.63) is 23.1 Å². The van der Waals surface area contributed by atoms with Crippen LogP contribution in [-0.4, -0.2) is 21.3 Å². The minimum atomic E-state index is -1.16. The van der Waals surface area contributed by atoms with Gasteiger partial charge < -0.3 is 15.3 Å². The van der Waals surface area contributed by atoms with Crippen LogP contribution in [0.5, 0.6) is 11.5 Å². The first-order chi connectivity index (χ1) is 6.59. The number of phenols is 1. The predicted octanol–water partition coefficient (Wildman–Crippen LogP) is 2.01. The van der Waals surface area contributed by atoms with Gasteiger partial charge in [-0.25, -0.2) is 4.79 Å². The molecule has 3 N–H and O–H groups in total. The molecular formula is C9H6O4S. The highest BCUT2D eigenvalue weighted by atomic mass is 32.1. The Labute approximate surface area is 82.7 Å². The maximum atomic E-state index is 10.7. The monoisotopic (exact) mass is 210 g/mol. The molecule has 1 aromatic carbocycles. The second-order valence-corrected chi connectivity index (χ2v) is 3.82. The van der Waals surface area contributed by atoms with Crippen molar-refractivity contribution in [3.63, 3.8) is 0 Å². The molecule has 2 rings (SSSR count). The second-order valence-electron chi connectivity index (χ2n) is 2.77. The molecule has 0 amide bonds. The second kappa shape index (κ2) is 2.88. The first-order valence-electron chi connectivity index (χ1n) is 3.77. The van der Waals surface area contributed by atoms with E-state index in [0.29, 0.717) is 10.1 Å². The summed E-state index contributed by atoms with van der Waals surface area (Å²) in [7, 11) is 0. The van der Waals surface area contributed by atoms with Crippen molar-refractivity contribution in [3.8, 4) is 11.5 Å². The van der Waals surface area contributed by atoms with E-state index in [1.54, 1.807) is 0 Å². The van der Waals surface area contributed by atoms with Gasteiger partial charge in [0.15, 0.2) is 4.88 Å². The number of aromatic carboxylic acids is 1. The van der Waals surface area contributed by atoms with Crippen molar-refractivity contribution in [1.29, 1.82) is 0 Å². The molecule has 1 aromatic heterocycles. The van der Waals surface area contributed by atoms with Crippen LogP contribution < -0.4 is 0 Å². The largest absolute Gasteiger partial charge is 0.508 e. The first-order valence-corrected chi connectivity index (χ1v) is 4.59. The molecular weight excluding hydrogens is 204 g/mol. The predicted molar refractivity (Wildman–Crippen MR) is 52.1 cm³/mol. The summed E-state index contributed by atoms with van der Waals surface area (Å²) in [6.45, 7) is 0. The van der Waals surface area contributed by atoms with Gasteiger partial charge in [-0.15, -0.1) is 11.3 Å². The molecule has 0 radical (unpaired) electrons. The van der Waals surface area contributed by atoms with E-state index in [0.717, 1.165) is 11.3 Å². The Hall–Kier alpha value is -1.75. The lowest BCUT2D eigenvalue weighted by atomic mass is 10.2. The molecule has 2 aromatic rings. The van der Waals surface area contributed by atoms with Crippen molar-refractivity contribution < 1.29 is 20.1 Å². The Morgan fingerprint density at radius 2 is 2.00 bits per heavy atom. The molecule has 0 bridgehead atoms. The van der Waals surface area contributed by atoms with E-state index >= 15 is 0 Å². The minimum absolute atomic E-state index is 0.0516. The lowest BCUT2D eigenvalue weighted by Gasteiger charge is -1.91. The fourth-order valence-electron chi connectivity index (χ4n) is 1.22. The van der Waals surface area contributed by atoms with E-state index < -0.39 is 5.97 Å². The van der Waals surface area contributed by atoms with E-state index in [2.05, 4.69) is 0 Å². The highest BCUT2D eigenvalue weighted by molar-refractivity contribution is 7.21. The van der Waals surface area contributed by atoms with E-state index in [1.807, 2.05) is 0 Å². The maximum Gasteiger partial charge on any atom is 0.349 e. The number of carboxylic acids is 1. The lowest BCUT2D eigenvalue weighted by molar-refractivity contribution is 0.0699. The average Bonchev–Trinajstić information content (AvgIpc) is 2.43. The fourth-order valence-corrected chi connectivity index (χ4v) is 2.18. The number of phenolic OH excluding ortho intramolecular Hbond substituents is 1. The zero-order chi connectivity index (χ0) is 10.3. The first kappa shape index (κ1) is 8.83.